The van der Waals surface area contributed by atoms with E-state index < -0.39 is 10.9 Å². The second kappa shape index (κ2) is 7.55. The molecule has 24 heavy (non-hydrogen) atoms. The molecule has 0 amide bonds. The van der Waals surface area contributed by atoms with Gasteiger partial charge in [0.25, 0.3) is 11.2 Å². The SMILES string of the molecule is CCOC(=O)C=c1[nH]c(=O)c(=Cc2ccc(NC)c([N+](=O)[O-])c2)s1. The molecule has 1 aromatic heterocycles. The Kier molecular flexibility index (Phi) is 5.48. The van der Waals surface area contributed by atoms with Gasteiger partial charge in [0.05, 0.1) is 22.1 Å². The molecule has 0 aliphatic rings. The minimum Gasteiger partial charge on any atom is -0.463 e. The predicted molar refractivity (Wildman–Crippen MR) is 91.5 cm³/mol. The molecule has 2 rings (SSSR count). The number of benzene rings is 1. The van der Waals surface area contributed by atoms with Crippen LogP contribution in [0.3, 0.4) is 0 Å². The number of H-pyrrole nitrogens is 1. The fourth-order valence-corrected chi connectivity index (χ4v) is 2.84. The van der Waals surface area contributed by atoms with Crippen LogP contribution in [-0.4, -0.2) is 29.5 Å². The summed E-state index contributed by atoms with van der Waals surface area (Å²) in [4.78, 5) is 36.4. The van der Waals surface area contributed by atoms with Gasteiger partial charge in [-0.3, -0.25) is 14.9 Å². The summed E-state index contributed by atoms with van der Waals surface area (Å²) in [7, 11) is 1.59. The zero-order valence-electron chi connectivity index (χ0n) is 13.0. The lowest BCUT2D eigenvalue weighted by molar-refractivity contribution is -0.384. The van der Waals surface area contributed by atoms with E-state index in [-0.39, 0.29) is 17.9 Å². The summed E-state index contributed by atoms with van der Waals surface area (Å²) in [5, 5.41) is 13.8. The van der Waals surface area contributed by atoms with Crippen LogP contribution in [0.25, 0.3) is 12.2 Å². The minimum atomic E-state index is -0.546. The van der Waals surface area contributed by atoms with Gasteiger partial charge in [0, 0.05) is 13.1 Å². The molecule has 0 saturated heterocycles. The molecule has 0 spiro atoms. The minimum absolute atomic E-state index is 0.0856. The number of rotatable bonds is 5. The van der Waals surface area contributed by atoms with Crippen LogP contribution in [0.2, 0.25) is 0 Å². The van der Waals surface area contributed by atoms with Crippen LogP contribution in [0.5, 0.6) is 0 Å². The Morgan fingerprint density at radius 3 is 2.88 bits per heavy atom. The van der Waals surface area contributed by atoms with Crippen LogP contribution in [0, 0.1) is 10.1 Å². The zero-order chi connectivity index (χ0) is 17.7. The second-order valence-corrected chi connectivity index (χ2v) is 5.69. The molecular weight excluding hydrogens is 334 g/mol. The first kappa shape index (κ1) is 17.4. The number of anilines is 1. The van der Waals surface area contributed by atoms with Crippen molar-refractivity contribution >= 4 is 40.8 Å². The lowest BCUT2D eigenvalue weighted by atomic mass is 10.1. The molecule has 9 heteroatoms. The summed E-state index contributed by atoms with van der Waals surface area (Å²) >= 11 is 1.07. The highest BCUT2D eigenvalue weighted by atomic mass is 32.1. The molecule has 0 unspecified atom stereocenters. The summed E-state index contributed by atoms with van der Waals surface area (Å²) in [5.74, 6) is -0.546. The number of aromatic amines is 1. The third-order valence-electron chi connectivity index (χ3n) is 3.00. The van der Waals surface area contributed by atoms with E-state index in [9.17, 15) is 19.7 Å². The number of nitrogens with one attached hydrogen (secondary N) is 2. The molecule has 2 N–H and O–H groups in total. The third-order valence-corrected chi connectivity index (χ3v) is 3.96. The Labute approximate surface area is 140 Å². The zero-order valence-corrected chi connectivity index (χ0v) is 13.8. The van der Waals surface area contributed by atoms with Gasteiger partial charge in [-0.15, -0.1) is 11.3 Å². The topological polar surface area (TPSA) is 114 Å². The number of aromatic nitrogens is 1. The number of thiazole rings is 1. The third kappa shape index (κ3) is 4.07. The second-order valence-electron chi connectivity index (χ2n) is 4.61. The van der Waals surface area contributed by atoms with Crippen LogP contribution in [0.15, 0.2) is 23.0 Å². The fourth-order valence-electron chi connectivity index (χ4n) is 1.97. The summed E-state index contributed by atoms with van der Waals surface area (Å²) in [6.45, 7) is 1.93. The Hall–Kier alpha value is -2.94. The van der Waals surface area contributed by atoms with Crippen LogP contribution in [-0.2, 0) is 9.53 Å². The average molecular weight is 349 g/mol. The quantitative estimate of drug-likeness (QED) is 0.463. The van der Waals surface area contributed by atoms with Crippen LogP contribution >= 0.6 is 11.3 Å². The van der Waals surface area contributed by atoms with Gasteiger partial charge in [-0.05, 0) is 24.6 Å². The molecule has 2 aromatic rings. The van der Waals surface area contributed by atoms with Gasteiger partial charge in [0.2, 0.25) is 0 Å². The van der Waals surface area contributed by atoms with Gasteiger partial charge in [-0.25, -0.2) is 4.79 Å². The summed E-state index contributed by atoms with van der Waals surface area (Å²) in [6, 6.07) is 4.60. The Balaban J connectivity index is 2.48. The number of nitro benzene ring substituents is 1. The Morgan fingerprint density at radius 1 is 1.50 bits per heavy atom. The summed E-state index contributed by atoms with van der Waals surface area (Å²) in [6.07, 6.45) is 2.72. The molecular formula is C15H15N3O5S. The maximum Gasteiger partial charge on any atom is 0.333 e. The molecule has 0 radical (unpaired) electrons. The standard InChI is InChI=1S/C15H15N3O5S/c1-3-23-14(19)8-13-17-15(20)12(24-13)7-9-4-5-10(16-2)11(6-9)18(21)22/h4-8,16H,3H2,1-2H3,(H,17,20). The van der Waals surface area contributed by atoms with Crippen LogP contribution in [0.4, 0.5) is 11.4 Å². The van der Waals surface area contributed by atoms with E-state index in [2.05, 4.69) is 10.3 Å². The lowest BCUT2D eigenvalue weighted by Crippen LogP contribution is -2.20. The number of carbonyl (C=O) groups excluding carboxylic acids is 1. The highest BCUT2D eigenvalue weighted by Gasteiger charge is 2.12. The number of hydrogen-bond acceptors (Lipinski definition) is 7. The van der Waals surface area contributed by atoms with Crippen LogP contribution < -0.4 is 20.1 Å². The van der Waals surface area contributed by atoms with Crippen molar-refractivity contribution in [1.29, 1.82) is 0 Å². The number of ether oxygens (including phenoxy) is 1. The molecule has 0 fully saturated rings. The van der Waals surface area contributed by atoms with Gasteiger partial charge in [-0.1, -0.05) is 6.07 Å². The normalized spacial score (nSPS) is 12.2. The van der Waals surface area contributed by atoms with Crippen molar-refractivity contribution < 1.29 is 14.5 Å². The first-order valence-electron chi connectivity index (χ1n) is 7.00. The number of nitrogens with zero attached hydrogens (tertiary/aromatic N) is 1. The highest BCUT2D eigenvalue weighted by Crippen LogP contribution is 2.25. The molecule has 1 heterocycles. The van der Waals surface area contributed by atoms with Crippen LogP contribution in [0.1, 0.15) is 12.5 Å². The van der Waals surface area contributed by atoms with E-state index in [1.807, 2.05) is 0 Å². The van der Waals surface area contributed by atoms with Crippen molar-refractivity contribution in [1.82, 2.24) is 4.98 Å². The van der Waals surface area contributed by atoms with E-state index in [0.29, 0.717) is 20.4 Å². The monoisotopic (exact) mass is 349 g/mol. The first-order chi connectivity index (χ1) is 11.4. The summed E-state index contributed by atoms with van der Waals surface area (Å²) in [5.41, 5.74) is 0.428. The van der Waals surface area contributed by atoms with Gasteiger partial charge in [0.15, 0.2) is 0 Å². The van der Waals surface area contributed by atoms with Crippen molar-refractivity contribution in [3.05, 3.63) is 53.4 Å². The maximum atomic E-state index is 11.9. The molecule has 0 aliphatic heterocycles. The predicted octanol–water partition coefficient (Wildman–Crippen LogP) is 0.559. The van der Waals surface area contributed by atoms with Gasteiger partial charge >= 0.3 is 5.97 Å². The van der Waals surface area contributed by atoms with Gasteiger partial charge in [-0.2, -0.15) is 0 Å². The molecule has 0 atom stereocenters. The van der Waals surface area contributed by atoms with E-state index in [1.54, 1.807) is 26.1 Å². The first-order valence-corrected chi connectivity index (χ1v) is 7.81. The van der Waals surface area contributed by atoms with Crippen molar-refractivity contribution in [3.8, 4) is 0 Å². The molecule has 0 aliphatic carbocycles. The fraction of sp³-hybridized carbons (Fsp3) is 0.200. The van der Waals surface area contributed by atoms with Crippen molar-refractivity contribution in [2.24, 2.45) is 0 Å². The van der Waals surface area contributed by atoms with Gasteiger partial charge < -0.3 is 15.0 Å². The Bertz CT molecular complexity index is 945. The van der Waals surface area contributed by atoms with Crippen molar-refractivity contribution in [3.63, 3.8) is 0 Å². The lowest BCUT2D eigenvalue weighted by Gasteiger charge is -2.02. The van der Waals surface area contributed by atoms with Crippen molar-refractivity contribution in [2.75, 3.05) is 19.0 Å². The molecule has 0 bridgehead atoms. The molecule has 1 aromatic carbocycles. The van der Waals surface area contributed by atoms with E-state index in [1.165, 1.54) is 18.2 Å². The molecule has 0 saturated carbocycles. The number of hydrogen-bond donors (Lipinski definition) is 2. The van der Waals surface area contributed by atoms with Gasteiger partial charge in [0.1, 0.15) is 10.4 Å². The number of carbonyl (C=O) groups is 1. The average Bonchev–Trinajstić information content (AvgIpc) is 2.86. The van der Waals surface area contributed by atoms with E-state index in [0.717, 1.165) is 11.3 Å². The molecule has 8 nitrogen and oxygen atoms in total. The maximum absolute atomic E-state index is 11.9. The molecule has 126 valence electrons. The Morgan fingerprint density at radius 2 is 2.25 bits per heavy atom. The van der Waals surface area contributed by atoms with Crippen molar-refractivity contribution in [2.45, 2.75) is 6.92 Å². The van der Waals surface area contributed by atoms with E-state index in [4.69, 9.17) is 4.74 Å². The highest BCUT2D eigenvalue weighted by molar-refractivity contribution is 7.07. The smallest absolute Gasteiger partial charge is 0.333 e. The largest absolute Gasteiger partial charge is 0.463 e. The number of nitro groups is 1. The summed E-state index contributed by atoms with van der Waals surface area (Å²) < 4.78 is 5.46. The van der Waals surface area contributed by atoms with E-state index >= 15 is 0 Å². The number of esters is 1.